The third-order valence-electron chi connectivity index (χ3n) is 4.53. The number of carbonyl (C=O) groups excluding carboxylic acids is 4. The summed E-state index contributed by atoms with van der Waals surface area (Å²) in [6, 6.07) is 3.02. The maximum atomic E-state index is 14.3. The van der Waals surface area contributed by atoms with E-state index in [1.165, 1.54) is 0 Å². The molecule has 4 rings (SSSR count). The minimum absolute atomic E-state index is 0.0117. The molecule has 4 amide bonds. The number of imide groups is 2. The van der Waals surface area contributed by atoms with Crippen LogP contribution in [0.3, 0.4) is 0 Å². The van der Waals surface area contributed by atoms with Crippen LogP contribution in [0, 0.1) is 11.6 Å². The maximum absolute atomic E-state index is 14.3. The Morgan fingerprint density at radius 1 is 0.857 bits per heavy atom. The molecule has 142 valence electrons. The maximum Gasteiger partial charge on any atom is 0.260 e. The van der Waals surface area contributed by atoms with Crippen LogP contribution in [0.1, 0.15) is 31.8 Å². The quantitative estimate of drug-likeness (QED) is 0.448. The van der Waals surface area contributed by atoms with Gasteiger partial charge in [0, 0.05) is 5.69 Å². The van der Waals surface area contributed by atoms with E-state index in [1.807, 2.05) is 0 Å². The third-order valence-corrected chi connectivity index (χ3v) is 4.53. The van der Waals surface area contributed by atoms with E-state index < -0.39 is 41.0 Å². The van der Waals surface area contributed by atoms with Crippen LogP contribution < -0.4 is 21.7 Å². The van der Waals surface area contributed by atoms with Gasteiger partial charge in [-0.1, -0.05) is 0 Å². The first-order valence-corrected chi connectivity index (χ1v) is 8.13. The van der Waals surface area contributed by atoms with Crippen molar-refractivity contribution in [1.29, 1.82) is 0 Å². The second-order valence-electron chi connectivity index (χ2n) is 6.39. The average Bonchev–Trinajstić information content (AvgIpc) is 2.57. The summed E-state index contributed by atoms with van der Waals surface area (Å²) in [4.78, 5) is 47.6. The molecule has 0 bridgehead atoms. The van der Waals surface area contributed by atoms with Gasteiger partial charge in [-0.25, -0.2) is 8.78 Å². The van der Waals surface area contributed by atoms with Gasteiger partial charge in [-0.15, -0.1) is 0 Å². The molecule has 0 radical (unpaired) electrons. The van der Waals surface area contributed by atoms with E-state index in [0.717, 1.165) is 18.2 Å². The minimum atomic E-state index is -0.921. The number of hydrogen-bond donors (Lipinski definition) is 4. The van der Waals surface area contributed by atoms with Crippen molar-refractivity contribution in [2.45, 2.75) is 12.8 Å². The molecule has 0 unspecified atom stereocenters. The zero-order valence-electron chi connectivity index (χ0n) is 14.1. The van der Waals surface area contributed by atoms with Crippen molar-refractivity contribution in [2.24, 2.45) is 0 Å². The fraction of sp³-hybridized carbons (Fsp3) is 0.111. The lowest BCUT2D eigenvalue weighted by atomic mass is 9.94. The van der Waals surface area contributed by atoms with Crippen LogP contribution in [-0.4, -0.2) is 23.6 Å². The number of fused-ring (bicyclic) bond motifs is 2. The predicted octanol–water partition coefficient (Wildman–Crippen LogP) is 0.916. The third kappa shape index (κ3) is 2.75. The van der Waals surface area contributed by atoms with Crippen molar-refractivity contribution < 1.29 is 28.0 Å². The largest absolute Gasteiger partial charge is 0.396 e. The number of carbonyl (C=O) groups is 4. The zero-order chi connectivity index (χ0) is 20.2. The van der Waals surface area contributed by atoms with Gasteiger partial charge in [0.2, 0.25) is 11.8 Å². The van der Waals surface area contributed by atoms with Crippen molar-refractivity contribution in [3.05, 3.63) is 52.1 Å². The number of benzene rings is 2. The van der Waals surface area contributed by atoms with Gasteiger partial charge in [-0.3, -0.25) is 29.8 Å². The standard InChI is InChI=1S/C18H12F2N4O4/c19-7-1-6-2-12(25)23-17(27)14(6)11(3-7)22-10-5-9(20)16(21)15-8(10)4-13(26)24-18(15)28/h1,3,5,22H,2,4,21H2,(H,23,25,27)(H,24,26,28). The van der Waals surface area contributed by atoms with E-state index in [0.29, 0.717) is 0 Å². The summed E-state index contributed by atoms with van der Waals surface area (Å²) in [7, 11) is 0. The van der Waals surface area contributed by atoms with E-state index in [9.17, 15) is 28.0 Å². The van der Waals surface area contributed by atoms with E-state index in [4.69, 9.17) is 5.73 Å². The normalized spacial score (nSPS) is 15.5. The van der Waals surface area contributed by atoms with Crippen LogP contribution >= 0.6 is 0 Å². The molecule has 0 saturated heterocycles. The highest BCUT2D eigenvalue weighted by Crippen LogP contribution is 2.35. The SMILES string of the molecule is Nc1c(F)cc(Nc2cc(F)cc3c2C(=O)NC(=O)C3)c2c1C(=O)NC(=O)C2. The Morgan fingerprint density at radius 3 is 2.21 bits per heavy atom. The van der Waals surface area contributed by atoms with Gasteiger partial charge in [0.15, 0.2) is 0 Å². The Labute approximate surface area is 156 Å². The summed E-state index contributed by atoms with van der Waals surface area (Å²) in [5, 5.41) is 6.89. The number of rotatable bonds is 2. The average molecular weight is 386 g/mol. The Hall–Kier alpha value is -3.82. The molecule has 8 nitrogen and oxygen atoms in total. The van der Waals surface area contributed by atoms with Gasteiger partial charge in [0.1, 0.15) is 11.6 Å². The van der Waals surface area contributed by atoms with E-state index in [-0.39, 0.29) is 46.5 Å². The second-order valence-corrected chi connectivity index (χ2v) is 6.39. The summed E-state index contributed by atoms with van der Waals surface area (Å²) in [5.74, 6) is -4.43. The van der Waals surface area contributed by atoms with E-state index >= 15 is 0 Å². The lowest BCUT2D eigenvalue weighted by Crippen LogP contribution is -2.39. The van der Waals surface area contributed by atoms with Gasteiger partial charge in [0.25, 0.3) is 11.8 Å². The lowest BCUT2D eigenvalue weighted by Gasteiger charge is -2.24. The number of nitrogens with two attached hydrogens (primary N) is 1. The van der Waals surface area contributed by atoms with Gasteiger partial charge >= 0.3 is 0 Å². The molecular formula is C18H12F2N4O4. The number of nitrogen functional groups attached to an aromatic ring is 1. The monoisotopic (exact) mass is 386 g/mol. The van der Waals surface area contributed by atoms with Crippen molar-refractivity contribution >= 4 is 40.7 Å². The van der Waals surface area contributed by atoms with Gasteiger partial charge < -0.3 is 11.1 Å². The number of amides is 4. The molecule has 2 aromatic carbocycles. The van der Waals surface area contributed by atoms with Crippen LogP contribution in [0.2, 0.25) is 0 Å². The molecule has 0 saturated carbocycles. The second kappa shape index (κ2) is 6.12. The van der Waals surface area contributed by atoms with Crippen molar-refractivity contribution in [1.82, 2.24) is 10.6 Å². The smallest absolute Gasteiger partial charge is 0.260 e. The van der Waals surface area contributed by atoms with Crippen molar-refractivity contribution in [2.75, 3.05) is 11.1 Å². The topological polar surface area (TPSA) is 130 Å². The molecule has 2 aliphatic heterocycles. The number of anilines is 3. The highest BCUT2D eigenvalue weighted by atomic mass is 19.1. The zero-order valence-corrected chi connectivity index (χ0v) is 14.1. The molecule has 2 heterocycles. The predicted molar refractivity (Wildman–Crippen MR) is 92.8 cm³/mol. The van der Waals surface area contributed by atoms with Gasteiger partial charge in [-0.05, 0) is 29.3 Å². The Kier molecular flexibility index (Phi) is 3.84. The molecule has 5 N–H and O–H groups in total. The Bertz CT molecular complexity index is 1110. The van der Waals surface area contributed by atoms with Crippen LogP contribution in [0.5, 0.6) is 0 Å². The molecule has 2 aromatic rings. The number of nitrogens with one attached hydrogen (secondary N) is 3. The fourth-order valence-corrected chi connectivity index (χ4v) is 3.38. The molecule has 0 fully saturated rings. The van der Waals surface area contributed by atoms with Crippen LogP contribution in [0.25, 0.3) is 0 Å². The molecular weight excluding hydrogens is 374 g/mol. The molecule has 0 aromatic heterocycles. The van der Waals surface area contributed by atoms with Crippen LogP contribution in [-0.2, 0) is 22.4 Å². The van der Waals surface area contributed by atoms with E-state index in [2.05, 4.69) is 16.0 Å². The first kappa shape index (κ1) is 17.6. The first-order chi connectivity index (χ1) is 13.2. The minimum Gasteiger partial charge on any atom is -0.396 e. The molecule has 10 heteroatoms. The Balaban J connectivity index is 1.88. The first-order valence-electron chi connectivity index (χ1n) is 8.13. The van der Waals surface area contributed by atoms with Crippen molar-refractivity contribution in [3.63, 3.8) is 0 Å². The van der Waals surface area contributed by atoms with Gasteiger partial charge in [0.05, 0.1) is 35.3 Å². The molecule has 0 atom stereocenters. The Morgan fingerprint density at radius 2 is 1.50 bits per heavy atom. The number of hydrogen-bond acceptors (Lipinski definition) is 6. The summed E-state index contributed by atoms with van der Waals surface area (Å²) in [6.07, 6.45) is -0.474. The summed E-state index contributed by atoms with van der Waals surface area (Å²) in [6.45, 7) is 0. The summed E-state index contributed by atoms with van der Waals surface area (Å²) >= 11 is 0. The molecule has 28 heavy (non-hydrogen) atoms. The van der Waals surface area contributed by atoms with Gasteiger partial charge in [-0.2, -0.15) is 0 Å². The van der Waals surface area contributed by atoms with E-state index in [1.54, 1.807) is 0 Å². The molecule has 0 spiro atoms. The molecule has 0 aliphatic carbocycles. The highest BCUT2D eigenvalue weighted by molar-refractivity contribution is 6.15. The fourth-order valence-electron chi connectivity index (χ4n) is 3.38. The summed E-state index contributed by atoms with van der Waals surface area (Å²) < 4.78 is 28.3. The van der Waals surface area contributed by atoms with Crippen LogP contribution in [0.4, 0.5) is 25.8 Å². The highest BCUT2D eigenvalue weighted by Gasteiger charge is 2.31. The molecule has 2 aliphatic rings. The summed E-state index contributed by atoms with van der Waals surface area (Å²) in [5.41, 5.74) is 5.26. The van der Waals surface area contributed by atoms with Crippen LogP contribution in [0.15, 0.2) is 18.2 Å². The lowest BCUT2D eigenvalue weighted by molar-refractivity contribution is -0.120. The number of halogens is 2. The van der Waals surface area contributed by atoms with Crippen molar-refractivity contribution in [3.8, 4) is 0 Å².